The Kier molecular flexibility index (Phi) is 5.51. The molecule has 2 atom stereocenters. The van der Waals surface area contributed by atoms with Crippen molar-refractivity contribution in [1.82, 2.24) is 5.32 Å². The molecule has 0 fully saturated rings. The summed E-state index contributed by atoms with van der Waals surface area (Å²) >= 11 is 1.78. The van der Waals surface area contributed by atoms with Crippen molar-refractivity contribution in [1.29, 1.82) is 0 Å². The molecule has 0 saturated carbocycles. The monoisotopic (exact) mass is 253 g/mol. The molecule has 0 heterocycles. The molecule has 94 valence electrons. The van der Waals surface area contributed by atoms with Gasteiger partial charge in [-0.1, -0.05) is 26.0 Å². The van der Waals surface area contributed by atoms with E-state index in [1.807, 2.05) is 24.3 Å². The summed E-state index contributed by atoms with van der Waals surface area (Å²) in [6, 6.07) is 7.94. The smallest absolute Gasteiger partial charge is 0.308 e. The lowest BCUT2D eigenvalue weighted by Crippen LogP contribution is -2.28. The van der Waals surface area contributed by atoms with Crippen LogP contribution in [-0.4, -0.2) is 23.9 Å². The standard InChI is InChI=1S/C13H19NO2S/c1-4-17-11-7-5-10(6-8-11)12(14-3)9(2)13(15)16/h5-9,12,14H,4H2,1-3H3,(H,15,16). The van der Waals surface area contributed by atoms with Crippen molar-refractivity contribution < 1.29 is 9.90 Å². The van der Waals surface area contributed by atoms with Crippen LogP contribution in [0.25, 0.3) is 0 Å². The zero-order valence-corrected chi connectivity index (χ0v) is 11.3. The van der Waals surface area contributed by atoms with E-state index >= 15 is 0 Å². The molecule has 2 N–H and O–H groups in total. The quantitative estimate of drug-likeness (QED) is 0.765. The molecule has 1 aromatic carbocycles. The third-order valence-corrected chi connectivity index (χ3v) is 3.64. The topological polar surface area (TPSA) is 49.3 Å². The van der Waals surface area contributed by atoms with Crippen molar-refractivity contribution in [2.45, 2.75) is 24.8 Å². The highest BCUT2D eigenvalue weighted by Gasteiger charge is 2.23. The molecule has 0 amide bonds. The molecule has 0 bridgehead atoms. The highest BCUT2D eigenvalue weighted by atomic mass is 32.2. The van der Waals surface area contributed by atoms with Gasteiger partial charge in [0.25, 0.3) is 0 Å². The van der Waals surface area contributed by atoms with Gasteiger partial charge >= 0.3 is 5.97 Å². The van der Waals surface area contributed by atoms with Crippen molar-refractivity contribution >= 4 is 17.7 Å². The highest BCUT2D eigenvalue weighted by Crippen LogP contribution is 2.25. The number of hydrogen-bond acceptors (Lipinski definition) is 3. The number of carboxylic acid groups (broad SMARTS) is 1. The van der Waals surface area contributed by atoms with E-state index in [4.69, 9.17) is 5.11 Å². The fraction of sp³-hybridized carbons (Fsp3) is 0.462. The normalized spacial score (nSPS) is 14.3. The Morgan fingerprint density at radius 1 is 1.41 bits per heavy atom. The Morgan fingerprint density at radius 3 is 2.41 bits per heavy atom. The van der Waals surface area contributed by atoms with Crippen LogP contribution in [0.1, 0.15) is 25.5 Å². The van der Waals surface area contributed by atoms with Gasteiger partial charge in [-0.25, -0.2) is 0 Å². The average molecular weight is 253 g/mol. The largest absolute Gasteiger partial charge is 0.481 e. The minimum absolute atomic E-state index is 0.145. The van der Waals surface area contributed by atoms with Gasteiger partial charge in [-0.3, -0.25) is 4.79 Å². The molecule has 0 aliphatic rings. The Bertz CT molecular complexity index is 364. The second-order valence-corrected chi connectivity index (χ2v) is 5.23. The van der Waals surface area contributed by atoms with Gasteiger partial charge in [0.1, 0.15) is 0 Å². The predicted molar refractivity (Wildman–Crippen MR) is 71.4 cm³/mol. The van der Waals surface area contributed by atoms with E-state index in [0.29, 0.717) is 0 Å². The fourth-order valence-electron chi connectivity index (χ4n) is 1.79. The molecule has 1 aromatic rings. The van der Waals surface area contributed by atoms with Gasteiger partial charge in [0.15, 0.2) is 0 Å². The molecule has 1 rings (SSSR count). The van der Waals surface area contributed by atoms with E-state index in [2.05, 4.69) is 12.2 Å². The van der Waals surface area contributed by atoms with Crippen LogP contribution in [0.2, 0.25) is 0 Å². The molecule has 0 saturated heterocycles. The highest BCUT2D eigenvalue weighted by molar-refractivity contribution is 7.99. The maximum Gasteiger partial charge on any atom is 0.308 e. The van der Waals surface area contributed by atoms with Crippen LogP contribution in [-0.2, 0) is 4.79 Å². The maximum absolute atomic E-state index is 11.0. The predicted octanol–water partition coefficient (Wildman–Crippen LogP) is 2.78. The summed E-state index contributed by atoms with van der Waals surface area (Å²) in [5.41, 5.74) is 1.02. The van der Waals surface area contributed by atoms with Crippen molar-refractivity contribution in [2.75, 3.05) is 12.8 Å². The van der Waals surface area contributed by atoms with Gasteiger partial charge in [-0.15, -0.1) is 11.8 Å². The van der Waals surface area contributed by atoms with Crippen LogP contribution in [0, 0.1) is 5.92 Å². The molecule has 4 heteroatoms. The summed E-state index contributed by atoms with van der Waals surface area (Å²) in [5, 5.41) is 12.1. The number of nitrogens with one attached hydrogen (secondary N) is 1. The number of hydrogen-bond donors (Lipinski definition) is 2. The molecule has 0 aliphatic carbocycles. The number of carboxylic acids is 1. The summed E-state index contributed by atoms with van der Waals surface area (Å²) in [4.78, 5) is 12.2. The lowest BCUT2D eigenvalue weighted by Gasteiger charge is -2.20. The molecule has 0 aromatic heterocycles. The number of aliphatic carboxylic acids is 1. The summed E-state index contributed by atoms with van der Waals surface area (Å²) in [7, 11) is 1.79. The maximum atomic E-state index is 11.0. The number of benzene rings is 1. The van der Waals surface area contributed by atoms with E-state index in [0.717, 1.165) is 11.3 Å². The minimum Gasteiger partial charge on any atom is -0.481 e. The SMILES string of the molecule is CCSc1ccc(C(NC)C(C)C(=O)O)cc1. The van der Waals surface area contributed by atoms with E-state index in [1.54, 1.807) is 25.7 Å². The number of rotatable bonds is 6. The molecule has 3 nitrogen and oxygen atoms in total. The van der Waals surface area contributed by atoms with Crippen LogP contribution in [0.15, 0.2) is 29.2 Å². The first kappa shape index (κ1) is 14.1. The van der Waals surface area contributed by atoms with E-state index < -0.39 is 11.9 Å². The number of carbonyl (C=O) groups is 1. The first-order valence-corrected chi connectivity index (χ1v) is 6.71. The Labute approximate surface area is 107 Å². The molecular weight excluding hydrogens is 234 g/mol. The molecule has 0 aliphatic heterocycles. The van der Waals surface area contributed by atoms with Crippen LogP contribution in [0.5, 0.6) is 0 Å². The Morgan fingerprint density at radius 2 is 2.00 bits per heavy atom. The lowest BCUT2D eigenvalue weighted by atomic mass is 9.95. The van der Waals surface area contributed by atoms with Crippen molar-refractivity contribution in [3.05, 3.63) is 29.8 Å². The van der Waals surface area contributed by atoms with Gasteiger partial charge in [-0.05, 0) is 30.5 Å². The first-order chi connectivity index (χ1) is 8.10. The summed E-state index contributed by atoms with van der Waals surface area (Å²) in [5.74, 6) is -0.179. The zero-order valence-electron chi connectivity index (χ0n) is 10.4. The third kappa shape index (κ3) is 3.75. The van der Waals surface area contributed by atoms with Crippen molar-refractivity contribution in [3.63, 3.8) is 0 Å². The van der Waals surface area contributed by atoms with E-state index in [9.17, 15) is 4.79 Å². The Balaban J connectivity index is 2.85. The first-order valence-electron chi connectivity index (χ1n) is 5.73. The van der Waals surface area contributed by atoms with Crippen LogP contribution >= 0.6 is 11.8 Å². The molecular formula is C13H19NO2S. The van der Waals surface area contributed by atoms with Gasteiger partial charge in [0.2, 0.25) is 0 Å². The summed E-state index contributed by atoms with van der Waals surface area (Å²) in [6.45, 7) is 3.83. The molecule has 0 spiro atoms. The second kappa shape index (κ2) is 6.67. The van der Waals surface area contributed by atoms with Gasteiger partial charge < -0.3 is 10.4 Å². The van der Waals surface area contributed by atoms with E-state index in [1.165, 1.54) is 4.90 Å². The average Bonchev–Trinajstić information content (AvgIpc) is 2.32. The van der Waals surface area contributed by atoms with Gasteiger partial charge in [0, 0.05) is 10.9 Å². The third-order valence-electron chi connectivity index (χ3n) is 2.75. The fourth-order valence-corrected chi connectivity index (χ4v) is 2.45. The van der Waals surface area contributed by atoms with Gasteiger partial charge in [0.05, 0.1) is 5.92 Å². The summed E-state index contributed by atoms with van der Waals surface area (Å²) < 4.78 is 0. The van der Waals surface area contributed by atoms with Crippen molar-refractivity contribution in [3.8, 4) is 0 Å². The van der Waals surface area contributed by atoms with Gasteiger partial charge in [-0.2, -0.15) is 0 Å². The van der Waals surface area contributed by atoms with E-state index in [-0.39, 0.29) is 6.04 Å². The lowest BCUT2D eigenvalue weighted by molar-refractivity contribution is -0.142. The van der Waals surface area contributed by atoms with Crippen LogP contribution < -0.4 is 5.32 Å². The molecule has 17 heavy (non-hydrogen) atoms. The zero-order chi connectivity index (χ0) is 12.8. The molecule has 2 unspecified atom stereocenters. The van der Waals surface area contributed by atoms with Crippen molar-refractivity contribution in [2.24, 2.45) is 5.92 Å². The van der Waals surface area contributed by atoms with Crippen LogP contribution in [0.3, 0.4) is 0 Å². The van der Waals surface area contributed by atoms with Crippen LogP contribution in [0.4, 0.5) is 0 Å². The number of thioether (sulfide) groups is 1. The summed E-state index contributed by atoms with van der Waals surface area (Å²) in [6.07, 6.45) is 0. The molecule has 0 radical (unpaired) electrons. The minimum atomic E-state index is -0.781. The second-order valence-electron chi connectivity index (χ2n) is 3.90. The Hall–Kier alpha value is -1.00.